The number of fused-ring (bicyclic) bond motifs is 1. The topological polar surface area (TPSA) is 88.5 Å². The van der Waals surface area contributed by atoms with Gasteiger partial charge in [0.25, 0.3) is 5.91 Å². The molecule has 31 heavy (non-hydrogen) atoms. The summed E-state index contributed by atoms with van der Waals surface area (Å²) in [7, 11) is 1.93. The second-order valence-electron chi connectivity index (χ2n) is 7.95. The van der Waals surface area contributed by atoms with Gasteiger partial charge >= 0.3 is 0 Å². The van der Waals surface area contributed by atoms with Gasteiger partial charge in [0.15, 0.2) is 0 Å². The summed E-state index contributed by atoms with van der Waals surface area (Å²) in [6.45, 7) is 3.71. The van der Waals surface area contributed by atoms with Crippen LogP contribution in [-0.4, -0.2) is 58.8 Å². The lowest BCUT2D eigenvalue weighted by molar-refractivity contribution is 0.0693. The van der Waals surface area contributed by atoms with Crippen LogP contribution in [0.5, 0.6) is 0 Å². The van der Waals surface area contributed by atoms with Gasteiger partial charge in [-0.1, -0.05) is 23.2 Å². The number of halogens is 2. The van der Waals surface area contributed by atoms with Crippen molar-refractivity contribution in [1.82, 2.24) is 19.8 Å². The Morgan fingerprint density at radius 1 is 1.35 bits per heavy atom. The third kappa shape index (κ3) is 4.41. The minimum absolute atomic E-state index is 0.0684. The maximum absolute atomic E-state index is 13.2. The number of amides is 1. The second-order valence-corrected chi connectivity index (χ2v) is 8.79. The predicted octanol–water partition coefficient (Wildman–Crippen LogP) is 3.58. The van der Waals surface area contributed by atoms with Gasteiger partial charge in [-0.3, -0.25) is 9.36 Å². The summed E-state index contributed by atoms with van der Waals surface area (Å²) in [5, 5.41) is 4.33. The number of carbonyl (C=O) groups excluding carboxylic acids is 1. The van der Waals surface area contributed by atoms with Gasteiger partial charge in [-0.25, -0.2) is 9.98 Å². The monoisotopic (exact) mass is 460 g/mol. The van der Waals surface area contributed by atoms with Crippen molar-refractivity contribution in [2.24, 2.45) is 16.6 Å². The molecule has 0 aliphatic carbocycles. The molecule has 0 bridgehead atoms. The van der Waals surface area contributed by atoms with Crippen LogP contribution >= 0.6 is 23.2 Å². The lowest BCUT2D eigenvalue weighted by atomic mass is 10.0. The molecule has 2 aliphatic rings. The Morgan fingerprint density at radius 2 is 2.16 bits per heavy atom. The number of hydrogen-bond donors (Lipinski definition) is 2. The van der Waals surface area contributed by atoms with Crippen molar-refractivity contribution >= 4 is 46.5 Å². The van der Waals surface area contributed by atoms with E-state index in [1.54, 1.807) is 18.3 Å². The van der Waals surface area contributed by atoms with E-state index >= 15 is 0 Å². The Kier molecular flexibility index (Phi) is 6.48. The number of imidazole rings is 1. The number of aromatic nitrogens is 2. The fourth-order valence-electron chi connectivity index (χ4n) is 4.08. The van der Waals surface area contributed by atoms with Gasteiger partial charge in [-0.05, 0) is 51.1 Å². The number of likely N-dealkylation sites (N-methyl/N-ethyl adjacent to an activating group) is 1. The highest BCUT2D eigenvalue weighted by atomic mass is 35.5. The Bertz CT molecular complexity index is 1060. The van der Waals surface area contributed by atoms with Crippen molar-refractivity contribution in [3.05, 3.63) is 51.8 Å². The molecule has 1 saturated heterocycles. The first-order chi connectivity index (χ1) is 14.9. The first-order valence-corrected chi connectivity index (χ1v) is 11.2. The molecular formula is C22H26Cl2N6O. The van der Waals surface area contributed by atoms with Crippen molar-refractivity contribution in [3.63, 3.8) is 0 Å². The molecule has 0 radical (unpaired) electrons. The molecule has 1 amide bonds. The highest BCUT2D eigenvalue weighted by Gasteiger charge is 2.28. The summed E-state index contributed by atoms with van der Waals surface area (Å²) in [6.07, 6.45) is 5.79. The zero-order valence-corrected chi connectivity index (χ0v) is 19.1. The first kappa shape index (κ1) is 22.0. The summed E-state index contributed by atoms with van der Waals surface area (Å²) in [4.78, 5) is 24.3. The molecule has 3 N–H and O–H groups in total. The Balaban J connectivity index is 1.76. The third-order valence-corrected chi connectivity index (χ3v) is 6.46. The van der Waals surface area contributed by atoms with Gasteiger partial charge in [-0.2, -0.15) is 0 Å². The summed E-state index contributed by atoms with van der Waals surface area (Å²) in [5.41, 5.74) is 8.76. The molecule has 0 spiro atoms. The van der Waals surface area contributed by atoms with E-state index in [-0.39, 0.29) is 11.8 Å². The molecule has 0 saturated carbocycles. The summed E-state index contributed by atoms with van der Waals surface area (Å²) in [5.74, 6) is 0.280. The maximum Gasteiger partial charge on any atom is 0.274 e. The van der Waals surface area contributed by atoms with Crippen LogP contribution in [0.3, 0.4) is 0 Å². The quantitative estimate of drug-likeness (QED) is 0.729. The lowest BCUT2D eigenvalue weighted by Crippen LogP contribution is -2.47. The van der Waals surface area contributed by atoms with E-state index in [9.17, 15) is 4.79 Å². The first-order valence-electron chi connectivity index (χ1n) is 10.4. The minimum Gasteiger partial charge on any atom is -0.336 e. The van der Waals surface area contributed by atoms with Crippen LogP contribution in [0.1, 0.15) is 35.8 Å². The van der Waals surface area contributed by atoms with Gasteiger partial charge in [0, 0.05) is 54.1 Å². The number of nitrogens with two attached hydrogens (primary N) is 1. The number of likely N-dealkylation sites (tertiary alicyclic amines) is 1. The van der Waals surface area contributed by atoms with Crippen LogP contribution in [0.25, 0.3) is 5.70 Å². The molecule has 3 heterocycles. The van der Waals surface area contributed by atoms with Crippen LogP contribution in [-0.2, 0) is 0 Å². The molecule has 2 aliphatic heterocycles. The van der Waals surface area contributed by atoms with Crippen LogP contribution in [0.4, 0.5) is 5.95 Å². The van der Waals surface area contributed by atoms with Gasteiger partial charge in [0.05, 0.1) is 10.7 Å². The van der Waals surface area contributed by atoms with E-state index in [4.69, 9.17) is 28.9 Å². The number of nitrogens with zero attached hydrogens (tertiary/aromatic N) is 4. The zero-order chi connectivity index (χ0) is 22.1. The van der Waals surface area contributed by atoms with Crippen LogP contribution in [0.15, 0.2) is 35.5 Å². The van der Waals surface area contributed by atoms with E-state index < -0.39 is 0 Å². The van der Waals surface area contributed by atoms with Crippen molar-refractivity contribution in [3.8, 4) is 0 Å². The van der Waals surface area contributed by atoms with Crippen LogP contribution < -0.4 is 11.1 Å². The normalized spacial score (nSPS) is 21.3. The highest BCUT2D eigenvalue weighted by molar-refractivity contribution is 6.35. The molecule has 1 fully saturated rings. The molecule has 164 valence electrons. The fourth-order valence-corrected chi connectivity index (χ4v) is 4.58. The molecule has 1 aromatic carbocycles. The molecule has 2 aromatic rings. The van der Waals surface area contributed by atoms with Crippen molar-refractivity contribution in [2.45, 2.75) is 25.8 Å². The second kappa shape index (κ2) is 9.12. The molecule has 7 nitrogen and oxygen atoms in total. The predicted molar refractivity (Wildman–Crippen MR) is 125 cm³/mol. The SMILES string of the molecule is CN[C@@H]1CCCN(C(=O)c2cn3c(n2)N=C(C)C(CN)C=C3c2ccc(Cl)cc2Cl)C1. The van der Waals surface area contributed by atoms with Crippen LogP contribution in [0.2, 0.25) is 10.0 Å². The van der Waals surface area contributed by atoms with Gasteiger partial charge in [-0.15, -0.1) is 0 Å². The number of nitrogens with one attached hydrogen (secondary N) is 1. The largest absolute Gasteiger partial charge is 0.336 e. The van der Waals surface area contributed by atoms with E-state index in [0.717, 1.165) is 36.4 Å². The number of benzene rings is 1. The molecule has 1 aromatic heterocycles. The van der Waals surface area contributed by atoms with Gasteiger partial charge in [0.2, 0.25) is 5.95 Å². The number of carbonyl (C=O) groups is 1. The zero-order valence-electron chi connectivity index (χ0n) is 17.6. The Morgan fingerprint density at radius 3 is 2.87 bits per heavy atom. The summed E-state index contributed by atoms with van der Waals surface area (Å²) >= 11 is 12.6. The Labute approximate surface area is 191 Å². The van der Waals surface area contributed by atoms with Crippen molar-refractivity contribution in [2.75, 3.05) is 26.7 Å². The maximum atomic E-state index is 13.2. The molecular weight excluding hydrogens is 435 g/mol. The minimum atomic E-state index is -0.0923. The third-order valence-electron chi connectivity index (χ3n) is 5.92. The number of rotatable bonds is 4. The standard InChI is InChI=1S/C22H26Cl2N6O/c1-13-14(10-25)8-20(17-6-5-15(23)9-18(17)24)30-12-19(28-22(30)27-13)21(31)29-7-3-4-16(11-29)26-2/h5-6,8-9,12,14,16,26H,3-4,7,10-11,25H2,1-2H3/t14?,16-/m1/s1. The number of hydrogen-bond acceptors (Lipinski definition) is 5. The average Bonchev–Trinajstić information content (AvgIpc) is 3.12. The van der Waals surface area contributed by atoms with E-state index in [1.165, 1.54) is 0 Å². The molecule has 1 unspecified atom stereocenters. The van der Waals surface area contributed by atoms with Gasteiger partial charge in [0.1, 0.15) is 5.69 Å². The van der Waals surface area contributed by atoms with E-state index in [0.29, 0.717) is 40.8 Å². The number of aliphatic imine (C=N–C) groups is 1. The van der Waals surface area contributed by atoms with Gasteiger partial charge < -0.3 is 16.0 Å². The van der Waals surface area contributed by atoms with Crippen molar-refractivity contribution < 1.29 is 4.79 Å². The highest BCUT2D eigenvalue weighted by Crippen LogP contribution is 2.34. The van der Waals surface area contributed by atoms with Crippen molar-refractivity contribution in [1.29, 1.82) is 0 Å². The lowest BCUT2D eigenvalue weighted by Gasteiger charge is -2.32. The van der Waals surface area contributed by atoms with Crippen LogP contribution in [0, 0.1) is 5.92 Å². The molecule has 4 rings (SSSR count). The van der Waals surface area contributed by atoms with E-state index in [2.05, 4.69) is 15.3 Å². The molecule has 2 atom stereocenters. The number of piperidine rings is 1. The average molecular weight is 461 g/mol. The summed E-state index contributed by atoms with van der Waals surface area (Å²) < 4.78 is 1.82. The van der Waals surface area contributed by atoms with E-state index in [1.807, 2.05) is 35.6 Å². The molecule has 9 heteroatoms. The Hall–Kier alpha value is -2.19. The smallest absolute Gasteiger partial charge is 0.274 e. The summed E-state index contributed by atoms with van der Waals surface area (Å²) in [6, 6.07) is 5.64. The fraction of sp³-hybridized carbons (Fsp3) is 0.409.